The number of benzene rings is 1. The van der Waals surface area contributed by atoms with E-state index < -0.39 is 0 Å². The molecule has 2 aliphatic heterocycles. The molecule has 4 heteroatoms. The SMILES string of the molecule is CC1CCCN(C(=O)Nc2ccc(N3CCCCC3)cc2)C1. The molecule has 1 aromatic rings. The number of carbonyl (C=O) groups is 1. The molecule has 120 valence electrons. The highest BCUT2D eigenvalue weighted by atomic mass is 16.2. The second-order valence-electron chi connectivity index (χ2n) is 6.72. The summed E-state index contributed by atoms with van der Waals surface area (Å²) in [5, 5.41) is 3.03. The van der Waals surface area contributed by atoms with Gasteiger partial charge in [-0.1, -0.05) is 6.92 Å². The fraction of sp³-hybridized carbons (Fsp3) is 0.611. The van der Waals surface area contributed by atoms with E-state index >= 15 is 0 Å². The first kappa shape index (κ1) is 15.2. The summed E-state index contributed by atoms with van der Waals surface area (Å²) in [6.07, 6.45) is 6.26. The number of nitrogens with one attached hydrogen (secondary N) is 1. The van der Waals surface area contributed by atoms with Crippen molar-refractivity contribution in [2.24, 2.45) is 5.92 Å². The first-order valence-electron chi connectivity index (χ1n) is 8.63. The van der Waals surface area contributed by atoms with E-state index in [0.29, 0.717) is 5.92 Å². The quantitative estimate of drug-likeness (QED) is 0.898. The van der Waals surface area contributed by atoms with Gasteiger partial charge in [0.2, 0.25) is 0 Å². The Balaban J connectivity index is 1.57. The van der Waals surface area contributed by atoms with E-state index in [-0.39, 0.29) is 6.03 Å². The van der Waals surface area contributed by atoms with Crippen LogP contribution < -0.4 is 10.2 Å². The molecule has 2 amide bonds. The van der Waals surface area contributed by atoms with Gasteiger partial charge in [-0.15, -0.1) is 0 Å². The van der Waals surface area contributed by atoms with Crippen LogP contribution in [0.5, 0.6) is 0 Å². The number of likely N-dealkylation sites (tertiary alicyclic amines) is 1. The van der Waals surface area contributed by atoms with Gasteiger partial charge in [-0.3, -0.25) is 0 Å². The summed E-state index contributed by atoms with van der Waals surface area (Å²) < 4.78 is 0. The highest BCUT2D eigenvalue weighted by molar-refractivity contribution is 5.89. The molecule has 0 saturated carbocycles. The number of anilines is 2. The number of amides is 2. The minimum absolute atomic E-state index is 0.0391. The number of carbonyl (C=O) groups excluding carboxylic acids is 1. The van der Waals surface area contributed by atoms with Crippen LogP contribution in [0.3, 0.4) is 0 Å². The minimum atomic E-state index is 0.0391. The van der Waals surface area contributed by atoms with Crippen molar-refractivity contribution in [3.63, 3.8) is 0 Å². The van der Waals surface area contributed by atoms with Gasteiger partial charge >= 0.3 is 6.03 Å². The van der Waals surface area contributed by atoms with Crippen LogP contribution >= 0.6 is 0 Å². The van der Waals surface area contributed by atoms with E-state index in [1.807, 2.05) is 17.0 Å². The molecular weight excluding hydrogens is 274 g/mol. The molecule has 1 aromatic carbocycles. The van der Waals surface area contributed by atoms with Crippen molar-refractivity contribution in [2.75, 3.05) is 36.4 Å². The Morgan fingerprint density at radius 3 is 2.45 bits per heavy atom. The number of piperidine rings is 2. The van der Waals surface area contributed by atoms with E-state index in [0.717, 1.165) is 38.3 Å². The summed E-state index contributed by atoms with van der Waals surface area (Å²) in [7, 11) is 0. The lowest BCUT2D eigenvalue weighted by Gasteiger charge is -2.31. The summed E-state index contributed by atoms with van der Waals surface area (Å²) in [5.41, 5.74) is 2.16. The molecule has 1 atom stereocenters. The van der Waals surface area contributed by atoms with Crippen molar-refractivity contribution in [3.8, 4) is 0 Å². The molecule has 3 rings (SSSR count). The van der Waals surface area contributed by atoms with Gasteiger partial charge in [0.15, 0.2) is 0 Å². The lowest BCUT2D eigenvalue weighted by molar-refractivity contribution is 0.182. The number of hydrogen-bond donors (Lipinski definition) is 1. The topological polar surface area (TPSA) is 35.6 Å². The Morgan fingerprint density at radius 1 is 1.05 bits per heavy atom. The van der Waals surface area contributed by atoms with Crippen LogP contribution in [-0.4, -0.2) is 37.1 Å². The standard InChI is InChI=1S/C18H27N3O/c1-15-6-5-13-21(14-15)18(22)19-16-7-9-17(10-8-16)20-11-3-2-4-12-20/h7-10,15H,2-6,11-14H2,1H3,(H,19,22). The smallest absolute Gasteiger partial charge is 0.321 e. The van der Waals surface area contributed by atoms with Crippen molar-refractivity contribution in [1.29, 1.82) is 0 Å². The molecule has 2 saturated heterocycles. The Hall–Kier alpha value is -1.71. The molecule has 22 heavy (non-hydrogen) atoms. The summed E-state index contributed by atoms with van der Waals surface area (Å²) in [4.78, 5) is 16.7. The zero-order valence-corrected chi connectivity index (χ0v) is 13.6. The van der Waals surface area contributed by atoms with E-state index in [2.05, 4.69) is 29.3 Å². The van der Waals surface area contributed by atoms with Crippen LogP contribution in [0.25, 0.3) is 0 Å². The molecule has 0 bridgehead atoms. The molecule has 0 radical (unpaired) electrons. The zero-order valence-electron chi connectivity index (χ0n) is 13.6. The molecule has 2 aliphatic rings. The van der Waals surface area contributed by atoms with E-state index in [9.17, 15) is 4.79 Å². The number of nitrogens with zero attached hydrogens (tertiary/aromatic N) is 2. The summed E-state index contributed by atoms with van der Waals surface area (Å²) in [5.74, 6) is 0.612. The van der Waals surface area contributed by atoms with Crippen LogP contribution in [0, 0.1) is 5.92 Å². The van der Waals surface area contributed by atoms with Gasteiger partial charge in [-0.2, -0.15) is 0 Å². The third-order valence-electron chi connectivity index (χ3n) is 4.78. The van der Waals surface area contributed by atoms with E-state index in [4.69, 9.17) is 0 Å². The zero-order chi connectivity index (χ0) is 15.4. The lowest BCUT2D eigenvalue weighted by Crippen LogP contribution is -2.41. The monoisotopic (exact) mass is 301 g/mol. The predicted molar refractivity (Wildman–Crippen MR) is 91.5 cm³/mol. The molecule has 2 heterocycles. The molecule has 0 aliphatic carbocycles. The van der Waals surface area contributed by atoms with Crippen molar-refractivity contribution in [3.05, 3.63) is 24.3 Å². The van der Waals surface area contributed by atoms with E-state index in [1.165, 1.54) is 31.4 Å². The molecule has 0 spiro atoms. The van der Waals surface area contributed by atoms with Crippen LogP contribution in [0.15, 0.2) is 24.3 Å². The molecule has 4 nitrogen and oxygen atoms in total. The Bertz CT molecular complexity index is 494. The summed E-state index contributed by atoms with van der Waals surface area (Å²) in [6, 6.07) is 8.33. The Kier molecular flexibility index (Phi) is 4.86. The first-order chi connectivity index (χ1) is 10.7. The highest BCUT2D eigenvalue weighted by Gasteiger charge is 2.20. The average molecular weight is 301 g/mol. The first-order valence-corrected chi connectivity index (χ1v) is 8.63. The van der Waals surface area contributed by atoms with Crippen molar-refractivity contribution >= 4 is 17.4 Å². The van der Waals surface area contributed by atoms with Crippen LogP contribution in [0.1, 0.15) is 39.0 Å². The van der Waals surface area contributed by atoms with Gasteiger partial charge in [-0.05, 0) is 62.3 Å². The van der Waals surface area contributed by atoms with Gasteiger partial charge in [0.1, 0.15) is 0 Å². The molecule has 1 N–H and O–H groups in total. The van der Waals surface area contributed by atoms with Gasteiger partial charge in [-0.25, -0.2) is 4.79 Å². The third-order valence-corrected chi connectivity index (χ3v) is 4.78. The predicted octanol–water partition coefficient (Wildman–Crippen LogP) is 3.94. The summed E-state index contributed by atoms with van der Waals surface area (Å²) >= 11 is 0. The lowest BCUT2D eigenvalue weighted by atomic mass is 10.0. The minimum Gasteiger partial charge on any atom is -0.372 e. The highest BCUT2D eigenvalue weighted by Crippen LogP contribution is 2.22. The normalized spacial score (nSPS) is 22.5. The number of hydrogen-bond acceptors (Lipinski definition) is 2. The molecule has 0 aromatic heterocycles. The molecule has 2 fully saturated rings. The van der Waals surface area contributed by atoms with Gasteiger partial charge in [0.05, 0.1) is 0 Å². The van der Waals surface area contributed by atoms with E-state index in [1.54, 1.807) is 0 Å². The average Bonchev–Trinajstić information content (AvgIpc) is 2.56. The van der Waals surface area contributed by atoms with Crippen molar-refractivity contribution < 1.29 is 4.79 Å². The maximum absolute atomic E-state index is 12.3. The fourth-order valence-corrected chi connectivity index (χ4v) is 3.48. The second-order valence-corrected chi connectivity index (χ2v) is 6.72. The number of urea groups is 1. The maximum Gasteiger partial charge on any atom is 0.321 e. The second kappa shape index (κ2) is 7.03. The summed E-state index contributed by atoms with van der Waals surface area (Å²) in [6.45, 7) is 6.27. The van der Waals surface area contributed by atoms with Crippen molar-refractivity contribution in [2.45, 2.75) is 39.0 Å². The Labute approximate surface area is 133 Å². The third kappa shape index (κ3) is 3.73. The van der Waals surface area contributed by atoms with Gasteiger partial charge in [0, 0.05) is 37.6 Å². The Morgan fingerprint density at radius 2 is 1.77 bits per heavy atom. The fourth-order valence-electron chi connectivity index (χ4n) is 3.48. The molecule has 1 unspecified atom stereocenters. The van der Waals surface area contributed by atoms with Crippen LogP contribution in [0.4, 0.5) is 16.2 Å². The number of rotatable bonds is 2. The van der Waals surface area contributed by atoms with Crippen LogP contribution in [-0.2, 0) is 0 Å². The van der Waals surface area contributed by atoms with Gasteiger partial charge in [0.25, 0.3) is 0 Å². The van der Waals surface area contributed by atoms with Crippen molar-refractivity contribution in [1.82, 2.24) is 4.90 Å². The molecular formula is C18H27N3O. The largest absolute Gasteiger partial charge is 0.372 e. The van der Waals surface area contributed by atoms with Gasteiger partial charge < -0.3 is 15.1 Å². The maximum atomic E-state index is 12.3. The van der Waals surface area contributed by atoms with Crippen LogP contribution in [0.2, 0.25) is 0 Å².